The molecule has 0 saturated heterocycles. The molecule has 2 aromatic rings. The summed E-state index contributed by atoms with van der Waals surface area (Å²) in [6, 6.07) is 10.6. The minimum Gasteiger partial charge on any atom is -0.484 e. The average molecular weight is 387 g/mol. The Balaban J connectivity index is 1.75. The van der Waals surface area contributed by atoms with Crippen LogP contribution in [0.4, 0.5) is 0 Å². The van der Waals surface area contributed by atoms with Gasteiger partial charge in [0.25, 0.3) is 11.8 Å². The number of hydrogen-bond donors (Lipinski definition) is 2. The molecule has 1 aromatic carbocycles. The largest absolute Gasteiger partial charge is 0.484 e. The highest BCUT2D eigenvalue weighted by Gasteiger charge is 2.09. The molecule has 2 amide bonds. The normalized spacial score (nSPS) is 10.8. The molecule has 0 bridgehead atoms. The summed E-state index contributed by atoms with van der Waals surface area (Å²) in [7, 11) is 0. The van der Waals surface area contributed by atoms with Gasteiger partial charge in [-0.25, -0.2) is 0 Å². The van der Waals surface area contributed by atoms with Gasteiger partial charge in [0.2, 0.25) is 0 Å². The van der Waals surface area contributed by atoms with E-state index in [1.54, 1.807) is 28.9 Å². The first-order chi connectivity index (χ1) is 13.4. The summed E-state index contributed by atoms with van der Waals surface area (Å²) in [5, 5.41) is 2.78. The Hall–Kier alpha value is -2.80. The minimum absolute atomic E-state index is 0.0711. The van der Waals surface area contributed by atoms with E-state index < -0.39 is 0 Å². The van der Waals surface area contributed by atoms with E-state index in [0.717, 1.165) is 17.8 Å². The van der Waals surface area contributed by atoms with Crippen molar-refractivity contribution in [2.45, 2.75) is 40.2 Å². The lowest BCUT2D eigenvalue weighted by atomic mass is 10.2. The van der Waals surface area contributed by atoms with Crippen molar-refractivity contribution >= 4 is 11.8 Å². The van der Waals surface area contributed by atoms with Crippen molar-refractivity contribution < 1.29 is 19.1 Å². The number of nitrogens with one attached hydrogen (secondary N) is 2. The third-order valence-corrected chi connectivity index (χ3v) is 4.07. The number of hydrogen-bond acceptors (Lipinski definition) is 4. The number of ether oxygens (including phenoxy) is 2. The molecule has 152 valence electrons. The van der Waals surface area contributed by atoms with E-state index >= 15 is 0 Å². The van der Waals surface area contributed by atoms with E-state index in [1.165, 1.54) is 0 Å². The molecule has 0 radical (unpaired) electrons. The van der Waals surface area contributed by atoms with Crippen LogP contribution in [0.3, 0.4) is 0 Å². The van der Waals surface area contributed by atoms with Gasteiger partial charge in [0.15, 0.2) is 6.61 Å². The fourth-order valence-electron chi connectivity index (χ4n) is 2.53. The van der Waals surface area contributed by atoms with Crippen LogP contribution in [0.5, 0.6) is 5.75 Å². The molecule has 0 spiro atoms. The standard InChI is InChI=1S/C21H29N3O4/c1-15(2)27-13-5-12-22-20(25)14-28-19-10-8-18(9-11-19)21(26)23-24-16(3)6-7-17(24)4/h6-11,15H,5,12-14H2,1-4H3,(H,22,25)(H,23,26). The quantitative estimate of drug-likeness (QED) is 0.614. The smallest absolute Gasteiger partial charge is 0.270 e. The molecule has 0 aliphatic carbocycles. The molecule has 0 aliphatic rings. The topological polar surface area (TPSA) is 81.6 Å². The van der Waals surface area contributed by atoms with E-state index in [2.05, 4.69) is 10.7 Å². The van der Waals surface area contributed by atoms with Gasteiger partial charge in [0.1, 0.15) is 5.75 Å². The van der Waals surface area contributed by atoms with Gasteiger partial charge in [0, 0.05) is 30.1 Å². The summed E-state index contributed by atoms with van der Waals surface area (Å²) in [4.78, 5) is 24.1. The Bertz CT molecular complexity index is 762. The van der Waals surface area contributed by atoms with Crippen LogP contribution in [-0.2, 0) is 9.53 Å². The Morgan fingerprint density at radius 1 is 1.04 bits per heavy atom. The van der Waals surface area contributed by atoms with Crippen molar-refractivity contribution in [1.82, 2.24) is 9.99 Å². The molecule has 1 heterocycles. The molecular weight excluding hydrogens is 358 g/mol. The summed E-state index contributed by atoms with van der Waals surface area (Å²) in [6.45, 7) is 8.89. The molecule has 0 unspecified atom stereocenters. The maximum atomic E-state index is 12.4. The van der Waals surface area contributed by atoms with E-state index in [1.807, 2.05) is 39.8 Å². The van der Waals surface area contributed by atoms with Gasteiger partial charge >= 0.3 is 0 Å². The van der Waals surface area contributed by atoms with Crippen molar-refractivity contribution in [2.24, 2.45) is 0 Å². The van der Waals surface area contributed by atoms with Gasteiger partial charge in [-0.2, -0.15) is 0 Å². The number of carbonyl (C=O) groups is 2. The van der Waals surface area contributed by atoms with Gasteiger partial charge in [0.05, 0.1) is 6.10 Å². The summed E-state index contributed by atoms with van der Waals surface area (Å²) in [5.74, 6) is 0.128. The molecular formula is C21H29N3O4. The number of aryl methyl sites for hydroxylation is 2. The van der Waals surface area contributed by atoms with Gasteiger partial charge < -0.3 is 14.8 Å². The number of carbonyl (C=O) groups excluding carboxylic acids is 2. The van der Waals surface area contributed by atoms with Gasteiger partial charge in [-0.05, 0) is 70.5 Å². The zero-order valence-corrected chi connectivity index (χ0v) is 17.0. The number of rotatable bonds is 10. The first-order valence-electron chi connectivity index (χ1n) is 9.44. The van der Waals surface area contributed by atoms with Crippen LogP contribution in [0.25, 0.3) is 0 Å². The van der Waals surface area contributed by atoms with Crippen LogP contribution in [0.1, 0.15) is 42.0 Å². The number of aromatic nitrogens is 1. The van der Waals surface area contributed by atoms with Crippen molar-refractivity contribution in [1.29, 1.82) is 0 Å². The van der Waals surface area contributed by atoms with E-state index in [-0.39, 0.29) is 24.5 Å². The van der Waals surface area contributed by atoms with Crippen LogP contribution < -0.4 is 15.5 Å². The predicted molar refractivity (Wildman–Crippen MR) is 108 cm³/mol. The predicted octanol–water partition coefficient (Wildman–Crippen LogP) is 2.80. The summed E-state index contributed by atoms with van der Waals surface area (Å²) < 4.78 is 12.6. The third-order valence-electron chi connectivity index (χ3n) is 4.07. The molecule has 2 N–H and O–H groups in total. The van der Waals surface area contributed by atoms with Crippen LogP contribution in [-0.4, -0.2) is 42.4 Å². The Morgan fingerprint density at radius 3 is 2.29 bits per heavy atom. The highest BCUT2D eigenvalue weighted by atomic mass is 16.5. The van der Waals surface area contributed by atoms with Crippen molar-refractivity contribution in [2.75, 3.05) is 25.2 Å². The zero-order valence-electron chi connectivity index (χ0n) is 17.0. The van der Waals surface area contributed by atoms with Gasteiger partial charge in [-0.3, -0.25) is 19.7 Å². The van der Waals surface area contributed by atoms with Gasteiger partial charge in [-0.15, -0.1) is 0 Å². The van der Waals surface area contributed by atoms with E-state index in [0.29, 0.717) is 24.5 Å². The molecule has 1 aromatic heterocycles. The Labute approximate surface area is 166 Å². The van der Waals surface area contributed by atoms with Crippen LogP contribution in [0.2, 0.25) is 0 Å². The molecule has 7 nitrogen and oxygen atoms in total. The molecule has 0 aliphatic heterocycles. The molecule has 2 rings (SSSR count). The summed E-state index contributed by atoms with van der Waals surface area (Å²) in [5.41, 5.74) is 5.26. The fraction of sp³-hybridized carbons (Fsp3) is 0.429. The maximum Gasteiger partial charge on any atom is 0.270 e. The lowest BCUT2D eigenvalue weighted by Crippen LogP contribution is -2.30. The monoisotopic (exact) mass is 387 g/mol. The number of benzene rings is 1. The van der Waals surface area contributed by atoms with Gasteiger partial charge in [-0.1, -0.05) is 0 Å². The Morgan fingerprint density at radius 2 is 1.68 bits per heavy atom. The lowest BCUT2D eigenvalue weighted by Gasteiger charge is -2.12. The second-order valence-electron chi connectivity index (χ2n) is 6.83. The molecule has 28 heavy (non-hydrogen) atoms. The highest BCUT2D eigenvalue weighted by Crippen LogP contribution is 2.13. The summed E-state index contributed by atoms with van der Waals surface area (Å²) in [6.07, 6.45) is 0.953. The molecule has 0 atom stereocenters. The summed E-state index contributed by atoms with van der Waals surface area (Å²) >= 11 is 0. The lowest BCUT2D eigenvalue weighted by molar-refractivity contribution is -0.123. The Kier molecular flexibility index (Phi) is 8.07. The molecule has 0 fully saturated rings. The molecule has 0 saturated carbocycles. The fourth-order valence-corrected chi connectivity index (χ4v) is 2.53. The van der Waals surface area contributed by atoms with E-state index in [9.17, 15) is 9.59 Å². The second kappa shape index (κ2) is 10.5. The van der Waals surface area contributed by atoms with Crippen molar-refractivity contribution in [3.05, 3.63) is 53.3 Å². The SMILES string of the molecule is Cc1ccc(C)n1NC(=O)c1ccc(OCC(=O)NCCCOC(C)C)cc1. The third kappa shape index (κ3) is 6.74. The number of nitrogens with zero attached hydrogens (tertiary/aromatic N) is 1. The van der Waals surface area contributed by atoms with Crippen LogP contribution in [0.15, 0.2) is 36.4 Å². The maximum absolute atomic E-state index is 12.4. The van der Waals surface area contributed by atoms with Crippen molar-refractivity contribution in [3.63, 3.8) is 0 Å². The van der Waals surface area contributed by atoms with Crippen LogP contribution >= 0.6 is 0 Å². The number of amides is 2. The van der Waals surface area contributed by atoms with Crippen molar-refractivity contribution in [3.8, 4) is 5.75 Å². The van der Waals surface area contributed by atoms with E-state index in [4.69, 9.17) is 9.47 Å². The first kappa shape index (κ1) is 21.5. The second-order valence-corrected chi connectivity index (χ2v) is 6.83. The first-order valence-corrected chi connectivity index (χ1v) is 9.44. The van der Waals surface area contributed by atoms with Crippen LogP contribution in [0, 0.1) is 13.8 Å². The zero-order chi connectivity index (χ0) is 20.5. The average Bonchev–Trinajstić information content (AvgIpc) is 2.98. The highest BCUT2D eigenvalue weighted by molar-refractivity contribution is 6.00. The molecule has 7 heteroatoms. The minimum atomic E-state index is -0.213.